The van der Waals surface area contributed by atoms with Gasteiger partial charge in [-0.25, -0.2) is 8.78 Å². The number of nitrogens with zero attached hydrogens (tertiary/aromatic N) is 3. The normalized spacial score (nSPS) is 18.5. The molecule has 0 bridgehead atoms. The summed E-state index contributed by atoms with van der Waals surface area (Å²) in [6.45, 7) is 4.60. The fourth-order valence-corrected chi connectivity index (χ4v) is 3.43. The van der Waals surface area contributed by atoms with Gasteiger partial charge >= 0.3 is 0 Å². The number of aryl methyl sites for hydroxylation is 1. The topological polar surface area (TPSA) is 59.8 Å². The molecular formula is C18H23BrClF2N3O3. The minimum Gasteiger partial charge on any atom is -0.485 e. The number of halogens is 4. The summed E-state index contributed by atoms with van der Waals surface area (Å²) in [6, 6.07) is 2.24. The van der Waals surface area contributed by atoms with E-state index in [0.717, 1.165) is 17.7 Å². The van der Waals surface area contributed by atoms with Crippen LogP contribution in [0.2, 0.25) is 0 Å². The number of aliphatic hydroxyl groups is 1. The third kappa shape index (κ3) is 6.38. The van der Waals surface area contributed by atoms with Gasteiger partial charge in [0.25, 0.3) is 0 Å². The van der Waals surface area contributed by atoms with Gasteiger partial charge in [0.05, 0.1) is 25.5 Å². The molecule has 1 saturated heterocycles. The predicted octanol–water partition coefficient (Wildman–Crippen LogP) is 2.79. The van der Waals surface area contributed by atoms with Gasteiger partial charge in [-0.1, -0.05) is 15.9 Å². The molecule has 28 heavy (non-hydrogen) atoms. The maximum Gasteiger partial charge on any atom is 0.190 e. The molecule has 0 saturated carbocycles. The molecule has 156 valence electrons. The number of hydrogen-bond acceptors (Lipinski definition) is 5. The molecule has 1 aromatic heterocycles. The lowest BCUT2D eigenvalue weighted by Crippen LogP contribution is -2.47. The summed E-state index contributed by atoms with van der Waals surface area (Å²) in [7, 11) is 0. The number of benzene rings is 1. The third-order valence-corrected chi connectivity index (χ3v) is 4.69. The standard InChI is InChI=1S/C18H22BrF2N3O3.ClH/c1-12-6-22-24(7-12)10-15-9-23(2-3-26-15)8-14(25)11-27-18-16(20)4-13(19)5-17(18)21;/h4-7,14-15,25H,2-3,8-11H2,1H3;1H. The van der Waals surface area contributed by atoms with E-state index in [1.165, 1.54) is 0 Å². The summed E-state index contributed by atoms with van der Waals surface area (Å²) in [5.74, 6) is -2.10. The summed E-state index contributed by atoms with van der Waals surface area (Å²) in [4.78, 5) is 2.05. The summed E-state index contributed by atoms with van der Waals surface area (Å²) in [6.07, 6.45) is 2.83. The molecule has 1 aliphatic rings. The minimum absolute atomic E-state index is 0. The first-order valence-corrected chi connectivity index (χ1v) is 9.48. The number of aromatic nitrogens is 2. The molecule has 0 spiro atoms. The summed E-state index contributed by atoms with van der Waals surface area (Å²) in [5, 5.41) is 14.5. The quantitative estimate of drug-likeness (QED) is 0.658. The van der Waals surface area contributed by atoms with E-state index in [0.29, 0.717) is 32.8 Å². The van der Waals surface area contributed by atoms with Gasteiger partial charge in [-0.3, -0.25) is 9.58 Å². The van der Waals surface area contributed by atoms with E-state index < -0.39 is 23.5 Å². The zero-order valence-electron chi connectivity index (χ0n) is 15.4. The van der Waals surface area contributed by atoms with Gasteiger partial charge in [0.2, 0.25) is 0 Å². The van der Waals surface area contributed by atoms with Gasteiger partial charge in [-0.2, -0.15) is 5.10 Å². The van der Waals surface area contributed by atoms with Gasteiger partial charge in [-0.15, -0.1) is 12.4 Å². The van der Waals surface area contributed by atoms with Crippen LogP contribution >= 0.6 is 28.3 Å². The fraction of sp³-hybridized carbons (Fsp3) is 0.500. The van der Waals surface area contributed by atoms with Crippen LogP contribution in [0.1, 0.15) is 5.56 Å². The molecule has 1 aliphatic heterocycles. The molecule has 2 atom stereocenters. The van der Waals surface area contributed by atoms with Crippen molar-refractivity contribution in [3.63, 3.8) is 0 Å². The molecule has 0 aliphatic carbocycles. The Hall–Kier alpha value is -1.26. The zero-order chi connectivity index (χ0) is 19.4. The van der Waals surface area contributed by atoms with Gasteiger partial charge in [0, 0.05) is 30.3 Å². The molecule has 2 aromatic rings. The Morgan fingerprint density at radius 1 is 1.39 bits per heavy atom. The Morgan fingerprint density at radius 2 is 2.11 bits per heavy atom. The van der Waals surface area contributed by atoms with E-state index in [1.54, 1.807) is 6.20 Å². The molecular weight excluding hydrogens is 460 g/mol. The van der Waals surface area contributed by atoms with Crippen LogP contribution in [0.15, 0.2) is 29.0 Å². The minimum atomic E-state index is -0.877. The van der Waals surface area contributed by atoms with E-state index in [-0.39, 0.29) is 29.6 Å². The fourth-order valence-electron chi connectivity index (χ4n) is 3.03. The maximum absolute atomic E-state index is 13.8. The predicted molar refractivity (Wildman–Crippen MR) is 106 cm³/mol. The second kappa shape index (κ2) is 10.5. The lowest BCUT2D eigenvalue weighted by molar-refractivity contribution is -0.0519. The van der Waals surface area contributed by atoms with Crippen molar-refractivity contribution in [3.05, 3.63) is 46.2 Å². The Bertz CT molecular complexity index is 757. The Labute approximate surface area is 177 Å². The van der Waals surface area contributed by atoms with E-state index in [1.807, 2.05) is 22.7 Å². The summed E-state index contributed by atoms with van der Waals surface area (Å²) in [5.41, 5.74) is 1.09. The van der Waals surface area contributed by atoms with E-state index in [4.69, 9.17) is 9.47 Å². The van der Waals surface area contributed by atoms with Crippen molar-refractivity contribution in [2.75, 3.05) is 32.8 Å². The highest BCUT2D eigenvalue weighted by molar-refractivity contribution is 9.10. The van der Waals surface area contributed by atoms with Crippen molar-refractivity contribution in [1.29, 1.82) is 0 Å². The first kappa shape index (κ1) is 23.0. The lowest BCUT2D eigenvalue weighted by Gasteiger charge is -2.34. The number of ether oxygens (including phenoxy) is 2. The number of rotatable bonds is 7. The summed E-state index contributed by atoms with van der Waals surface area (Å²) < 4.78 is 40.6. The molecule has 0 amide bonds. The van der Waals surface area contributed by atoms with Crippen molar-refractivity contribution in [3.8, 4) is 5.75 Å². The third-order valence-electron chi connectivity index (χ3n) is 4.23. The van der Waals surface area contributed by atoms with Crippen LogP contribution in [0.5, 0.6) is 5.75 Å². The summed E-state index contributed by atoms with van der Waals surface area (Å²) >= 11 is 3.01. The van der Waals surface area contributed by atoms with Crippen molar-refractivity contribution >= 4 is 28.3 Å². The van der Waals surface area contributed by atoms with E-state index in [9.17, 15) is 13.9 Å². The lowest BCUT2D eigenvalue weighted by atomic mass is 10.2. The molecule has 6 nitrogen and oxygen atoms in total. The second-order valence-corrected chi connectivity index (χ2v) is 7.57. The Morgan fingerprint density at radius 3 is 2.75 bits per heavy atom. The Balaban J connectivity index is 0.00000280. The number of aliphatic hydroxyl groups excluding tert-OH is 1. The Kier molecular flexibility index (Phi) is 8.63. The van der Waals surface area contributed by atoms with Crippen LogP contribution in [0.4, 0.5) is 8.78 Å². The molecule has 1 fully saturated rings. The first-order chi connectivity index (χ1) is 12.9. The van der Waals surface area contributed by atoms with Crippen LogP contribution in [-0.2, 0) is 11.3 Å². The van der Waals surface area contributed by atoms with Crippen LogP contribution < -0.4 is 4.74 Å². The highest BCUT2D eigenvalue weighted by Crippen LogP contribution is 2.26. The van der Waals surface area contributed by atoms with Crippen molar-refractivity contribution in [2.45, 2.75) is 25.7 Å². The SMILES string of the molecule is Cc1cnn(CC2CN(CC(O)COc3c(F)cc(Br)cc3F)CCO2)c1.Cl. The largest absolute Gasteiger partial charge is 0.485 e. The first-order valence-electron chi connectivity index (χ1n) is 8.69. The molecule has 1 N–H and O–H groups in total. The second-order valence-electron chi connectivity index (χ2n) is 6.66. The smallest absolute Gasteiger partial charge is 0.190 e. The highest BCUT2D eigenvalue weighted by atomic mass is 79.9. The number of morpholine rings is 1. The van der Waals surface area contributed by atoms with Gasteiger partial charge < -0.3 is 14.6 Å². The van der Waals surface area contributed by atoms with Crippen LogP contribution in [0.3, 0.4) is 0 Å². The number of β-amino-alcohol motifs (C(OH)–C–C–N with tert-alkyl or cyclic N) is 1. The molecule has 3 rings (SSSR count). The van der Waals surface area contributed by atoms with Crippen molar-refractivity contribution < 1.29 is 23.4 Å². The van der Waals surface area contributed by atoms with E-state index in [2.05, 4.69) is 21.0 Å². The van der Waals surface area contributed by atoms with E-state index >= 15 is 0 Å². The molecule has 0 radical (unpaired) electrons. The number of hydrogen-bond donors (Lipinski definition) is 1. The average molecular weight is 483 g/mol. The molecule has 10 heteroatoms. The monoisotopic (exact) mass is 481 g/mol. The highest BCUT2D eigenvalue weighted by Gasteiger charge is 2.23. The zero-order valence-corrected chi connectivity index (χ0v) is 17.8. The molecule has 2 heterocycles. The van der Waals surface area contributed by atoms with Crippen LogP contribution in [0, 0.1) is 18.6 Å². The van der Waals surface area contributed by atoms with Gasteiger partial charge in [0.15, 0.2) is 17.4 Å². The molecule has 1 aromatic carbocycles. The van der Waals surface area contributed by atoms with Crippen LogP contribution in [0.25, 0.3) is 0 Å². The van der Waals surface area contributed by atoms with Gasteiger partial charge in [-0.05, 0) is 24.6 Å². The maximum atomic E-state index is 13.8. The van der Waals surface area contributed by atoms with Crippen LogP contribution in [-0.4, -0.2) is 64.8 Å². The van der Waals surface area contributed by atoms with Crippen molar-refractivity contribution in [2.24, 2.45) is 0 Å². The van der Waals surface area contributed by atoms with Crippen molar-refractivity contribution in [1.82, 2.24) is 14.7 Å². The van der Waals surface area contributed by atoms with Gasteiger partial charge in [0.1, 0.15) is 12.7 Å². The average Bonchev–Trinajstić information content (AvgIpc) is 2.99. The molecule has 2 unspecified atom stereocenters.